The molecule has 1 aliphatic heterocycles. The minimum Gasteiger partial charge on any atom is -0.311 e. The van der Waals surface area contributed by atoms with Crippen LogP contribution in [-0.4, -0.2) is 28.6 Å². The summed E-state index contributed by atoms with van der Waals surface area (Å²) in [5, 5.41) is 10.4. The highest BCUT2D eigenvalue weighted by molar-refractivity contribution is 7.13. The van der Waals surface area contributed by atoms with E-state index in [1.54, 1.807) is 19.1 Å². The summed E-state index contributed by atoms with van der Waals surface area (Å²) in [6.07, 6.45) is 0.0974. The second-order valence-corrected chi connectivity index (χ2v) is 5.91. The number of rotatable bonds is 3. The van der Waals surface area contributed by atoms with Crippen LogP contribution in [0.4, 0.5) is 15.2 Å². The summed E-state index contributed by atoms with van der Waals surface area (Å²) in [6.45, 7) is 1.88. The Labute approximate surface area is 130 Å². The molecule has 2 aromatic rings. The zero-order chi connectivity index (χ0) is 15.7. The molecule has 8 heteroatoms. The van der Waals surface area contributed by atoms with Crippen LogP contribution < -0.4 is 10.2 Å². The Morgan fingerprint density at radius 2 is 2.32 bits per heavy atom. The summed E-state index contributed by atoms with van der Waals surface area (Å²) in [7, 11) is 0. The smallest absolute Gasteiger partial charge is 0.231 e. The summed E-state index contributed by atoms with van der Waals surface area (Å²) in [5.41, 5.74) is 2.50. The summed E-state index contributed by atoms with van der Waals surface area (Å²) < 4.78 is 13.6. The van der Waals surface area contributed by atoms with Gasteiger partial charge in [0.1, 0.15) is 11.3 Å². The van der Waals surface area contributed by atoms with E-state index in [-0.39, 0.29) is 30.6 Å². The topological polar surface area (TPSA) is 75.2 Å². The normalized spacial score (nSPS) is 17.8. The van der Waals surface area contributed by atoms with E-state index in [9.17, 15) is 14.0 Å². The molecule has 22 heavy (non-hydrogen) atoms. The van der Waals surface area contributed by atoms with Crippen molar-refractivity contribution in [3.63, 3.8) is 0 Å². The van der Waals surface area contributed by atoms with Crippen molar-refractivity contribution in [1.82, 2.24) is 10.2 Å². The molecular formula is C14H13FN4O2S. The average Bonchev–Trinajstić information content (AvgIpc) is 3.11. The van der Waals surface area contributed by atoms with E-state index in [4.69, 9.17) is 0 Å². The number of anilines is 2. The lowest BCUT2D eigenvalue weighted by molar-refractivity contribution is -0.122. The molecule has 1 aromatic heterocycles. The number of aryl methyl sites for hydroxylation is 1. The number of benzene rings is 1. The Hall–Kier alpha value is -2.35. The van der Waals surface area contributed by atoms with Crippen molar-refractivity contribution in [3.8, 4) is 0 Å². The number of amides is 2. The Kier molecular flexibility index (Phi) is 3.84. The predicted octanol–water partition coefficient (Wildman–Crippen LogP) is 1.98. The van der Waals surface area contributed by atoms with E-state index in [1.807, 2.05) is 0 Å². The molecule has 0 bridgehead atoms. The van der Waals surface area contributed by atoms with Crippen molar-refractivity contribution in [1.29, 1.82) is 0 Å². The highest BCUT2D eigenvalue weighted by Crippen LogP contribution is 2.27. The van der Waals surface area contributed by atoms with Gasteiger partial charge in [0.15, 0.2) is 0 Å². The molecule has 1 N–H and O–H groups in total. The van der Waals surface area contributed by atoms with E-state index >= 15 is 0 Å². The van der Waals surface area contributed by atoms with Gasteiger partial charge in [-0.3, -0.25) is 9.59 Å². The molecule has 0 saturated carbocycles. The summed E-state index contributed by atoms with van der Waals surface area (Å²) >= 11 is 1.21. The zero-order valence-corrected chi connectivity index (χ0v) is 12.6. The number of nitrogens with zero attached hydrogens (tertiary/aromatic N) is 3. The van der Waals surface area contributed by atoms with Crippen LogP contribution in [0.25, 0.3) is 0 Å². The van der Waals surface area contributed by atoms with Crippen LogP contribution in [0.5, 0.6) is 0 Å². The molecule has 114 valence electrons. The molecule has 1 fully saturated rings. The van der Waals surface area contributed by atoms with Crippen LogP contribution in [-0.2, 0) is 9.59 Å². The lowest BCUT2D eigenvalue weighted by Crippen LogP contribution is -2.28. The van der Waals surface area contributed by atoms with Crippen molar-refractivity contribution in [2.45, 2.75) is 13.3 Å². The van der Waals surface area contributed by atoms with Gasteiger partial charge in [0.2, 0.25) is 16.9 Å². The quantitative estimate of drug-likeness (QED) is 0.938. The van der Waals surface area contributed by atoms with Crippen LogP contribution in [0.15, 0.2) is 23.7 Å². The third-order valence-corrected chi connectivity index (χ3v) is 4.16. The molecule has 2 amide bonds. The number of carbonyl (C=O) groups excluding carboxylic acids is 2. The highest BCUT2D eigenvalue weighted by Gasteiger charge is 2.35. The van der Waals surface area contributed by atoms with Gasteiger partial charge >= 0.3 is 0 Å². The molecule has 3 rings (SSSR count). The molecule has 6 nitrogen and oxygen atoms in total. The van der Waals surface area contributed by atoms with Gasteiger partial charge in [0.05, 0.1) is 5.92 Å². The largest absolute Gasteiger partial charge is 0.311 e. The molecule has 1 aliphatic rings. The van der Waals surface area contributed by atoms with E-state index in [0.29, 0.717) is 16.4 Å². The van der Waals surface area contributed by atoms with Crippen molar-refractivity contribution in [2.75, 3.05) is 16.8 Å². The number of nitrogens with one attached hydrogen (secondary N) is 1. The fraction of sp³-hybridized carbons (Fsp3) is 0.286. The van der Waals surface area contributed by atoms with Crippen LogP contribution >= 0.6 is 11.3 Å². The van der Waals surface area contributed by atoms with Gasteiger partial charge in [-0.15, -0.1) is 10.2 Å². The maximum absolute atomic E-state index is 13.6. The van der Waals surface area contributed by atoms with Gasteiger partial charge < -0.3 is 10.2 Å². The predicted molar refractivity (Wildman–Crippen MR) is 80.1 cm³/mol. The van der Waals surface area contributed by atoms with Gasteiger partial charge in [-0.1, -0.05) is 17.4 Å². The maximum atomic E-state index is 13.6. The number of aromatic nitrogens is 2. The minimum absolute atomic E-state index is 0.0974. The van der Waals surface area contributed by atoms with E-state index in [1.165, 1.54) is 27.8 Å². The van der Waals surface area contributed by atoms with E-state index < -0.39 is 5.92 Å². The number of carbonyl (C=O) groups is 2. The van der Waals surface area contributed by atoms with Crippen molar-refractivity contribution in [3.05, 3.63) is 35.1 Å². The Morgan fingerprint density at radius 3 is 3.00 bits per heavy atom. The number of hydrogen-bond donors (Lipinski definition) is 1. The third kappa shape index (κ3) is 2.82. The lowest BCUT2D eigenvalue weighted by Gasteiger charge is -2.17. The van der Waals surface area contributed by atoms with Crippen LogP contribution in [0.3, 0.4) is 0 Å². The van der Waals surface area contributed by atoms with Crippen LogP contribution in [0.1, 0.15) is 12.0 Å². The van der Waals surface area contributed by atoms with Crippen LogP contribution in [0.2, 0.25) is 0 Å². The van der Waals surface area contributed by atoms with Crippen molar-refractivity contribution < 1.29 is 14.0 Å². The van der Waals surface area contributed by atoms with Crippen molar-refractivity contribution in [2.24, 2.45) is 5.92 Å². The first kappa shape index (κ1) is 14.6. The first-order chi connectivity index (χ1) is 10.5. The van der Waals surface area contributed by atoms with Crippen molar-refractivity contribution >= 4 is 34.0 Å². The molecule has 0 unspecified atom stereocenters. The number of halogens is 1. The molecule has 1 atom stereocenters. The maximum Gasteiger partial charge on any atom is 0.231 e. The molecule has 2 heterocycles. The molecule has 1 saturated heterocycles. The Balaban J connectivity index is 1.72. The van der Waals surface area contributed by atoms with Crippen LogP contribution in [0, 0.1) is 18.7 Å². The Bertz CT molecular complexity index is 720. The van der Waals surface area contributed by atoms with Gasteiger partial charge in [0, 0.05) is 18.7 Å². The third-order valence-electron chi connectivity index (χ3n) is 3.55. The fourth-order valence-corrected chi connectivity index (χ4v) is 2.77. The molecule has 0 spiro atoms. The van der Waals surface area contributed by atoms with Gasteiger partial charge in [-0.2, -0.15) is 0 Å². The van der Waals surface area contributed by atoms with Gasteiger partial charge in [0.25, 0.3) is 0 Å². The first-order valence-electron chi connectivity index (χ1n) is 6.68. The second-order valence-electron chi connectivity index (χ2n) is 5.07. The van der Waals surface area contributed by atoms with Gasteiger partial charge in [-0.05, 0) is 24.6 Å². The minimum atomic E-state index is -0.485. The fourth-order valence-electron chi connectivity index (χ4n) is 2.32. The standard InChI is InChI=1S/C14H13FN4O2S/c1-8-2-3-10(5-11(8)15)19-6-9(4-12(19)20)13(21)17-14-18-16-7-22-14/h2-3,5,7,9H,4,6H2,1H3,(H,17,18,21)/t9-/m0/s1. The monoisotopic (exact) mass is 320 g/mol. The lowest BCUT2D eigenvalue weighted by atomic mass is 10.1. The molecule has 0 radical (unpaired) electrons. The molecule has 1 aromatic carbocycles. The summed E-state index contributed by atoms with van der Waals surface area (Å²) in [6, 6.07) is 4.62. The average molecular weight is 320 g/mol. The van der Waals surface area contributed by atoms with Gasteiger partial charge in [-0.25, -0.2) is 4.39 Å². The summed E-state index contributed by atoms with van der Waals surface area (Å²) in [4.78, 5) is 25.7. The van der Waals surface area contributed by atoms with E-state index in [2.05, 4.69) is 15.5 Å². The Morgan fingerprint density at radius 1 is 1.50 bits per heavy atom. The zero-order valence-electron chi connectivity index (χ0n) is 11.7. The highest BCUT2D eigenvalue weighted by atomic mass is 32.1. The first-order valence-corrected chi connectivity index (χ1v) is 7.56. The summed E-state index contributed by atoms with van der Waals surface area (Å²) in [5.74, 6) is -1.33. The molecule has 0 aliphatic carbocycles. The SMILES string of the molecule is Cc1ccc(N2C[C@@H](C(=O)Nc3nncs3)CC2=O)cc1F. The second kappa shape index (κ2) is 5.80. The van der Waals surface area contributed by atoms with E-state index in [0.717, 1.165) is 0 Å². The molecular weight excluding hydrogens is 307 g/mol. The number of hydrogen-bond acceptors (Lipinski definition) is 5.